The molecule has 0 radical (unpaired) electrons. The van der Waals surface area contributed by atoms with Crippen LogP contribution in [0.4, 0.5) is 17.1 Å². The molecule has 0 bridgehead atoms. The Hall–Kier alpha value is -9.31. The molecular formula is C73H51BN2. The Morgan fingerprint density at radius 2 is 0.895 bits per heavy atom. The lowest BCUT2D eigenvalue weighted by atomic mass is 9.37. The molecule has 1 aliphatic carbocycles. The number of nitrogens with zero attached hydrogens (tertiary/aromatic N) is 2. The number of benzene rings is 11. The van der Waals surface area contributed by atoms with Gasteiger partial charge in [-0.15, -0.1) is 0 Å². The molecule has 12 aromatic rings. The lowest BCUT2D eigenvalue weighted by Gasteiger charge is -2.42. The van der Waals surface area contributed by atoms with Crippen LogP contribution in [0, 0.1) is 0 Å². The predicted molar refractivity (Wildman–Crippen MR) is 319 cm³/mol. The molecule has 0 unspecified atom stereocenters. The third kappa shape index (κ3) is 6.33. The molecule has 0 atom stereocenters. The minimum absolute atomic E-state index is 0.122. The molecule has 356 valence electrons. The lowest BCUT2D eigenvalue weighted by molar-refractivity contribution is 0.632. The van der Waals surface area contributed by atoms with Gasteiger partial charge in [0.2, 0.25) is 6.71 Å². The van der Waals surface area contributed by atoms with Crippen LogP contribution in [0.2, 0.25) is 0 Å². The minimum Gasteiger partial charge on any atom is -0.310 e. The topological polar surface area (TPSA) is 16.1 Å². The first-order chi connectivity index (χ1) is 37.5. The van der Waals surface area contributed by atoms with Crippen LogP contribution in [0.1, 0.15) is 47.2 Å². The van der Waals surface area contributed by atoms with Crippen molar-refractivity contribution in [3.63, 3.8) is 0 Å². The predicted octanol–water partition coefficient (Wildman–Crippen LogP) is 16.2. The maximum atomic E-state index is 4.53. The van der Waals surface area contributed by atoms with Gasteiger partial charge in [-0.3, -0.25) is 4.98 Å². The summed E-state index contributed by atoms with van der Waals surface area (Å²) in [6.45, 7) is 4.61. The van der Waals surface area contributed by atoms with Gasteiger partial charge in [-0.05, 0) is 136 Å². The van der Waals surface area contributed by atoms with Gasteiger partial charge in [-0.1, -0.05) is 255 Å². The number of hydrogen-bond acceptors (Lipinski definition) is 2. The van der Waals surface area contributed by atoms with Gasteiger partial charge in [0, 0.05) is 23.5 Å². The van der Waals surface area contributed by atoms with Crippen LogP contribution in [0.15, 0.2) is 273 Å². The van der Waals surface area contributed by atoms with Crippen molar-refractivity contribution in [3.05, 3.63) is 307 Å². The maximum absolute atomic E-state index is 4.53. The van der Waals surface area contributed by atoms with E-state index in [1.807, 2.05) is 12.4 Å². The zero-order valence-electron chi connectivity index (χ0n) is 42.5. The standard InChI is InChI=1S/C73H51BN2/c1-72(2)62-34-17-19-36-65(62)76(66-37-20-18-35-63(66)72)54-39-40-56-60-46-53(38-41-61(60)73(64(56)47-54,51-26-11-5-12-27-51)52-28-13-6-14-29-52)74-70-55(48-22-7-3-8-23-48)32-21-33-59(70)69-67(50-42-44-75-45-43-50)57-30-15-16-31-58(57)68(71(69)74)49-24-9-4-10-25-49/h3-47H,1-2H3. The summed E-state index contributed by atoms with van der Waals surface area (Å²) in [5.74, 6) is 0. The second-order valence-electron chi connectivity index (χ2n) is 21.3. The molecule has 0 fully saturated rings. The van der Waals surface area contributed by atoms with E-state index < -0.39 is 5.41 Å². The van der Waals surface area contributed by atoms with Crippen LogP contribution in [-0.2, 0) is 10.8 Å². The van der Waals surface area contributed by atoms with Crippen LogP contribution < -0.4 is 21.3 Å². The van der Waals surface area contributed by atoms with Crippen LogP contribution in [0.25, 0.3) is 66.4 Å². The first-order valence-electron chi connectivity index (χ1n) is 26.6. The summed E-state index contributed by atoms with van der Waals surface area (Å²) in [7, 11) is 0. The van der Waals surface area contributed by atoms with Crippen LogP contribution in [0.5, 0.6) is 0 Å². The third-order valence-electron chi connectivity index (χ3n) is 17.1. The Morgan fingerprint density at radius 3 is 1.54 bits per heavy atom. The van der Waals surface area contributed by atoms with Gasteiger partial charge in [0.05, 0.1) is 16.8 Å². The Kier molecular flexibility index (Phi) is 9.96. The minimum atomic E-state index is -0.629. The molecule has 0 saturated heterocycles. The van der Waals surface area contributed by atoms with Gasteiger partial charge < -0.3 is 4.90 Å². The second kappa shape index (κ2) is 17.1. The summed E-state index contributed by atoms with van der Waals surface area (Å²) >= 11 is 0. The molecule has 0 spiro atoms. The van der Waals surface area contributed by atoms with Gasteiger partial charge in [0.15, 0.2) is 0 Å². The van der Waals surface area contributed by atoms with E-state index in [4.69, 9.17) is 0 Å². The number of pyridine rings is 1. The van der Waals surface area contributed by atoms with Crippen molar-refractivity contribution in [2.45, 2.75) is 24.7 Å². The summed E-state index contributed by atoms with van der Waals surface area (Å²) < 4.78 is 0. The second-order valence-corrected chi connectivity index (χ2v) is 21.3. The quantitative estimate of drug-likeness (QED) is 0.148. The maximum Gasteiger partial charge on any atom is 0.244 e. The first kappa shape index (κ1) is 44.2. The number of para-hydroxylation sites is 2. The fourth-order valence-corrected chi connectivity index (χ4v) is 14.0. The summed E-state index contributed by atoms with van der Waals surface area (Å²) in [6.07, 6.45) is 3.88. The van der Waals surface area contributed by atoms with Crippen molar-refractivity contribution in [1.29, 1.82) is 0 Å². The van der Waals surface area contributed by atoms with Gasteiger partial charge in [0.1, 0.15) is 0 Å². The Balaban J connectivity index is 1.05. The molecule has 1 aromatic heterocycles. The van der Waals surface area contributed by atoms with Crippen molar-refractivity contribution >= 4 is 50.9 Å². The Morgan fingerprint density at radius 1 is 0.355 bits per heavy atom. The highest BCUT2D eigenvalue weighted by atomic mass is 15.2. The van der Waals surface area contributed by atoms with E-state index in [0.717, 1.165) is 11.3 Å². The first-order valence-corrected chi connectivity index (χ1v) is 26.6. The van der Waals surface area contributed by atoms with Gasteiger partial charge >= 0.3 is 0 Å². The summed E-state index contributed by atoms with van der Waals surface area (Å²) in [5.41, 5.74) is 26.9. The van der Waals surface area contributed by atoms with Crippen molar-refractivity contribution < 1.29 is 0 Å². The fraction of sp³-hybridized carbons (Fsp3) is 0.0548. The van der Waals surface area contributed by atoms with E-state index in [0.29, 0.717) is 0 Å². The molecular weight excluding hydrogens is 916 g/mol. The van der Waals surface area contributed by atoms with Crippen molar-refractivity contribution in [1.82, 2.24) is 4.98 Å². The van der Waals surface area contributed by atoms with Crippen molar-refractivity contribution in [2.75, 3.05) is 4.90 Å². The van der Waals surface area contributed by atoms with E-state index in [-0.39, 0.29) is 12.1 Å². The summed E-state index contributed by atoms with van der Waals surface area (Å²) in [6, 6.07) is 98.0. The zero-order chi connectivity index (χ0) is 50.5. The molecule has 0 N–H and O–H groups in total. The molecule has 3 heterocycles. The average molecular weight is 967 g/mol. The SMILES string of the molecule is CC1(C)c2ccccc2N(c2ccc3c(c2)C(c2ccccc2)(c2ccccc2)c2ccc(B4c5c(-c6ccccc6)cccc5-c5c4c(-c4ccccc4)c4ccccc4c5-c4ccncc4)cc2-3)c2ccccc21. The number of fused-ring (bicyclic) bond motifs is 9. The molecule has 2 aliphatic heterocycles. The molecule has 0 saturated carbocycles. The Labute approximate surface area is 445 Å². The highest BCUT2D eigenvalue weighted by Crippen LogP contribution is 2.59. The largest absolute Gasteiger partial charge is 0.310 e. The third-order valence-corrected chi connectivity index (χ3v) is 17.1. The number of hydrogen-bond donors (Lipinski definition) is 0. The fourth-order valence-electron chi connectivity index (χ4n) is 14.0. The van der Waals surface area contributed by atoms with Crippen LogP contribution in [-0.4, -0.2) is 11.7 Å². The number of aromatic nitrogens is 1. The molecule has 76 heavy (non-hydrogen) atoms. The number of rotatable bonds is 7. The van der Waals surface area contributed by atoms with Crippen LogP contribution in [0.3, 0.4) is 0 Å². The average Bonchev–Trinajstić information content (AvgIpc) is 4.01. The normalized spacial score (nSPS) is 14.1. The highest BCUT2D eigenvalue weighted by molar-refractivity contribution is 7.01. The van der Waals surface area contributed by atoms with E-state index >= 15 is 0 Å². The van der Waals surface area contributed by atoms with Gasteiger partial charge in [0.25, 0.3) is 0 Å². The molecule has 15 rings (SSSR count). The summed E-state index contributed by atoms with van der Waals surface area (Å²) in [4.78, 5) is 7.04. The molecule has 0 amide bonds. The zero-order valence-corrected chi connectivity index (χ0v) is 42.5. The smallest absolute Gasteiger partial charge is 0.244 e. The van der Waals surface area contributed by atoms with E-state index in [1.165, 1.54) is 122 Å². The van der Waals surface area contributed by atoms with Gasteiger partial charge in [-0.2, -0.15) is 0 Å². The molecule has 2 nitrogen and oxygen atoms in total. The highest BCUT2D eigenvalue weighted by Gasteiger charge is 2.48. The van der Waals surface area contributed by atoms with E-state index in [1.54, 1.807) is 0 Å². The molecule has 3 heteroatoms. The molecule has 3 aliphatic rings. The molecule has 11 aromatic carbocycles. The van der Waals surface area contributed by atoms with Crippen LogP contribution >= 0.6 is 0 Å². The van der Waals surface area contributed by atoms with Gasteiger partial charge in [-0.25, -0.2) is 0 Å². The summed E-state index contributed by atoms with van der Waals surface area (Å²) in [5, 5.41) is 2.48. The van der Waals surface area contributed by atoms with Crippen molar-refractivity contribution in [3.8, 4) is 55.6 Å². The van der Waals surface area contributed by atoms with E-state index in [2.05, 4.69) is 285 Å². The lowest BCUT2D eigenvalue weighted by Crippen LogP contribution is -2.50. The van der Waals surface area contributed by atoms with Crippen molar-refractivity contribution in [2.24, 2.45) is 0 Å². The number of anilines is 3. The Bertz CT molecular complexity index is 4160. The monoisotopic (exact) mass is 966 g/mol. The van der Waals surface area contributed by atoms with E-state index in [9.17, 15) is 0 Å².